The minimum Gasteiger partial charge on any atom is -0.493 e. The monoisotopic (exact) mass is 232 g/mol. The molecule has 0 spiro atoms. The van der Waals surface area contributed by atoms with E-state index in [1.165, 1.54) is 0 Å². The van der Waals surface area contributed by atoms with Gasteiger partial charge in [0.15, 0.2) is 0 Å². The highest BCUT2D eigenvalue weighted by Crippen LogP contribution is 2.29. The number of rotatable bonds is 2. The molecule has 0 fully saturated rings. The summed E-state index contributed by atoms with van der Waals surface area (Å²) < 4.78 is 10.3. The minimum absolute atomic E-state index is 0.206. The van der Waals surface area contributed by atoms with Crippen LogP contribution in [0, 0.1) is 0 Å². The van der Waals surface area contributed by atoms with Gasteiger partial charge in [-0.3, -0.25) is 0 Å². The Morgan fingerprint density at radius 2 is 2.29 bits per heavy atom. The van der Waals surface area contributed by atoms with Crippen molar-refractivity contribution in [3.63, 3.8) is 0 Å². The van der Waals surface area contributed by atoms with Crippen LogP contribution in [0.4, 0.5) is 0 Å². The lowest BCUT2D eigenvalue weighted by molar-refractivity contribution is 0.0680. The van der Waals surface area contributed by atoms with Crippen LogP contribution in [0.1, 0.15) is 16.2 Å². The smallest absolute Gasteiger partial charge is 0.377 e. The second-order valence-electron chi connectivity index (χ2n) is 3.65. The van der Waals surface area contributed by atoms with Gasteiger partial charge in [-0.05, 0) is 28.9 Å². The summed E-state index contributed by atoms with van der Waals surface area (Å²) in [6.45, 7) is 0.670. The van der Waals surface area contributed by atoms with E-state index in [0.29, 0.717) is 12.2 Å². The largest absolute Gasteiger partial charge is 0.493 e. The molecule has 1 aromatic heterocycles. The van der Waals surface area contributed by atoms with Crippen LogP contribution in [0.15, 0.2) is 22.7 Å². The summed E-state index contributed by atoms with van der Waals surface area (Å²) >= 11 is 0. The average Bonchev–Trinajstić information content (AvgIpc) is 2.97. The maximum absolute atomic E-state index is 10.6. The number of aromatic nitrogens is 2. The Bertz CT molecular complexity index is 591. The van der Waals surface area contributed by atoms with Crippen molar-refractivity contribution in [2.75, 3.05) is 6.61 Å². The van der Waals surface area contributed by atoms with E-state index in [0.717, 1.165) is 17.7 Å². The molecule has 1 N–H and O–H groups in total. The van der Waals surface area contributed by atoms with Crippen molar-refractivity contribution < 1.29 is 19.2 Å². The van der Waals surface area contributed by atoms with Crippen molar-refractivity contribution in [3.05, 3.63) is 29.6 Å². The van der Waals surface area contributed by atoms with E-state index in [1.807, 2.05) is 12.1 Å². The van der Waals surface area contributed by atoms with Crippen LogP contribution in [0.2, 0.25) is 0 Å². The van der Waals surface area contributed by atoms with E-state index in [9.17, 15) is 4.79 Å². The van der Waals surface area contributed by atoms with Gasteiger partial charge in [0, 0.05) is 12.0 Å². The Kier molecular flexibility index (Phi) is 2.07. The minimum atomic E-state index is -1.20. The molecule has 0 saturated carbocycles. The third kappa shape index (κ3) is 1.63. The molecule has 0 radical (unpaired) electrons. The molecule has 6 nitrogen and oxygen atoms in total. The number of carboxylic acids is 1. The molecule has 1 aromatic carbocycles. The molecule has 0 bridgehead atoms. The van der Waals surface area contributed by atoms with Crippen LogP contribution < -0.4 is 4.74 Å². The van der Waals surface area contributed by atoms with E-state index in [1.54, 1.807) is 6.07 Å². The molecule has 0 unspecified atom stereocenters. The Morgan fingerprint density at radius 3 is 3.06 bits per heavy atom. The lowest BCUT2D eigenvalue weighted by atomic mass is 10.1. The first-order valence-electron chi connectivity index (χ1n) is 5.07. The molecule has 17 heavy (non-hydrogen) atoms. The molecule has 3 rings (SSSR count). The number of hydrogen-bond acceptors (Lipinski definition) is 5. The molecule has 0 amide bonds. The van der Waals surface area contributed by atoms with E-state index in [2.05, 4.69) is 10.1 Å². The highest BCUT2D eigenvalue weighted by atomic mass is 16.5. The quantitative estimate of drug-likeness (QED) is 0.841. The third-order valence-corrected chi connectivity index (χ3v) is 2.55. The van der Waals surface area contributed by atoms with Crippen LogP contribution in [0.5, 0.6) is 5.75 Å². The van der Waals surface area contributed by atoms with Gasteiger partial charge in [0.05, 0.1) is 6.61 Å². The van der Waals surface area contributed by atoms with Crippen molar-refractivity contribution in [2.24, 2.45) is 0 Å². The Labute approximate surface area is 95.8 Å². The number of aromatic carboxylic acids is 1. The number of benzene rings is 1. The summed E-state index contributed by atoms with van der Waals surface area (Å²) in [4.78, 5) is 14.4. The fourth-order valence-corrected chi connectivity index (χ4v) is 1.75. The van der Waals surface area contributed by atoms with Gasteiger partial charge in [-0.1, -0.05) is 0 Å². The van der Waals surface area contributed by atoms with Gasteiger partial charge in [-0.15, -0.1) is 0 Å². The molecule has 1 aliphatic rings. The second kappa shape index (κ2) is 3.58. The van der Waals surface area contributed by atoms with Crippen LogP contribution in [-0.4, -0.2) is 27.8 Å². The molecule has 0 saturated heterocycles. The van der Waals surface area contributed by atoms with E-state index < -0.39 is 5.97 Å². The first kappa shape index (κ1) is 9.83. The van der Waals surface area contributed by atoms with Crippen molar-refractivity contribution >= 4 is 5.97 Å². The van der Waals surface area contributed by atoms with Crippen LogP contribution >= 0.6 is 0 Å². The van der Waals surface area contributed by atoms with E-state index in [-0.39, 0.29) is 11.7 Å². The number of ether oxygens (including phenoxy) is 1. The third-order valence-electron chi connectivity index (χ3n) is 2.55. The fourth-order valence-electron chi connectivity index (χ4n) is 1.75. The van der Waals surface area contributed by atoms with Crippen molar-refractivity contribution in [3.8, 4) is 17.2 Å². The molecule has 2 heterocycles. The summed E-state index contributed by atoms with van der Waals surface area (Å²) in [5.41, 5.74) is 1.77. The zero-order valence-corrected chi connectivity index (χ0v) is 8.71. The summed E-state index contributed by atoms with van der Waals surface area (Å²) in [6.07, 6.45) is 0.836. The number of hydrogen-bond donors (Lipinski definition) is 1. The topological polar surface area (TPSA) is 85.5 Å². The van der Waals surface area contributed by atoms with Crippen molar-refractivity contribution in [2.45, 2.75) is 6.42 Å². The highest BCUT2D eigenvalue weighted by Gasteiger charge is 2.17. The van der Waals surface area contributed by atoms with Gasteiger partial charge < -0.3 is 14.4 Å². The van der Waals surface area contributed by atoms with Gasteiger partial charge in [0.2, 0.25) is 0 Å². The normalized spacial score (nSPS) is 13.2. The zero-order chi connectivity index (χ0) is 11.8. The summed E-state index contributed by atoms with van der Waals surface area (Å²) in [5, 5.41) is 12.1. The lowest BCUT2D eigenvalue weighted by Gasteiger charge is -1.99. The average molecular weight is 232 g/mol. The van der Waals surface area contributed by atoms with E-state index in [4.69, 9.17) is 14.4 Å². The predicted octanol–water partition coefficient (Wildman–Crippen LogP) is 1.37. The SMILES string of the molecule is O=C(O)c1noc(-c2ccc3c(c2)CCO3)n1. The summed E-state index contributed by atoms with van der Waals surface area (Å²) in [7, 11) is 0. The molecule has 1 aliphatic heterocycles. The maximum Gasteiger partial charge on any atom is 0.377 e. The number of carboxylic acid groups (broad SMARTS) is 1. The molecule has 2 aromatic rings. The second-order valence-corrected chi connectivity index (χ2v) is 3.65. The molecule has 86 valence electrons. The van der Waals surface area contributed by atoms with E-state index >= 15 is 0 Å². The van der Waals surface area contributed by atoms with Gasteiger partial charge in [0.25, 0.3) is 11.7 Å². The number of nitrogens with zero attached hydrogens (tertiary/aromatic N) is 2. The van der Waals surface area contributed by atoms with Gasteiger partial charge in [-0.2, -0.15) is 4.98 Å². The van der Waals surface area contributed by atoms with Crippen LogP contribution in [0.25, 0.3) is 11.5 Å². The van der Waals surface area contributed by atoms with Crippen molar-refractivity contribution in [1.29, 1.82) is 0 Å². The molecule has 0 aliphatic carbocycles. The van der Waals surface area contributed by atoms with Crippen molar-refractivity contribution in [1.82, 2.24) is 10.1 Å². The summed E-state index contributed by atoms with van der Waals surface area (Å²) in [5.74, 6) is -0.481. The summed E-state index contributed by atoms with van der Waals surface area (Å²) in [6, 6.07) is 5.47. The first-order valence-corrected chi connectivity index (χ1v) is 5.07. The Morgan fingerprint density at radius 1 is 1.41 bits per heavy atom. The molecular formula is C11H8N2O4. The lowest BCUT2D eigenvalue weighted by Crippen LogP contribution is -1.98. The highest BCUT2D eigenvalue weighted by molar-refractivity contribution is 5.83. The van der Waals surface area contributed by atoms with Gasteiger partial charge in [-0.25, -0.2) is 4.79 Å². The number of fused-ring (bicyclic) bond motifs is 1. The molecule has 6 heteroatoms. The van der Waals surface area contributed by atoms with Crippen LogP contribution in [0.3, 0.4) is 0 Å². The van der Waals surface area contributed by atoms with Gasteiger partial charge in [0.1, 0.15) is 5.75 Å². The Hall–Kier alpha value is -2.37. The Balaban J connectivity index is 2.00. The first-order chi connectivity index (χ1) is 8.24. The van der Waals surface area contributed by atoms with Gasteiger partial charge >= 0.3 is 5.97 Å². The fraction of sp³-hybridized carbons (Fsp3) is 0.182. The standard InChI is InChI=1S/C11H8N2O4/c14-11(15)9-12-10(17-13-9)7-1-2-8-6(5-7)3-4-16-8/h1-2,5H,3-4H2,(H,14,15). The predicted molar refractivity (Wildman–Crippen MR) is 55.9 cm³/mol. The zero-order valence-electron chi connectivity index (χ0n) is 8.71. The molecular weight excluding hydrogens is 224 g/mol. The van der Waals surface area contributed by atoms with Crippen LogP contribution in [-0.2, 0) is 6.42 Å². The molecule has 0 atom stereocenters. The number of carbonyl (C=O) groups is 1. The maximum atomic E-state index is 10.6.